The zero-order valence-electron chi connectivity index (χ0n) is 18.5. The molecule has 0 fully saturated rings. The van der Waals surface area contributed by atoms with E-state index in [0.29, 0.717) is 23.8 Å². The van der Waals surface area contributed by atoms with E-state index >= 15 is 0 Å². The predicted molar refractivity (Wildman–Crippen MR) is 129 cm³/mol. The maximum atomic E-state index is 12.1. The molecule has 0 spiro atoms. The lowest BCUT2D eigenvalue weighted by Gasteiger charge is -2.12. The van der Waals surface area contributed by atoms with E-state index in [0.717, 1.165) is 16.6 Å². The van der Waals surface area contributed by atoms with Crippen LogP contribution in [-0.4, -0.2) is 45.1 Å². The third-order valence-corrected chi connectivity index (χ3v) is 6.11. The molecule has 0 unspecified atom stereocenters. The highest BCUT2D eigenvalue weighted by Gasteiger charge is 2.20. The fourth-order valence-corrected chi connectivity index (χ4v) is 4.29. The molecule has 0 aliphatic carbocycles. The maximum Gasteiger partial charge on any atom is 0.243 e. The fourth-order valence-electron chi connectivity index (χ4n) is 3.62. The Bertz CT molecular complexity index is 1610. The van der Waals surface area contributed by atoms with Crippen LogP contribution in [0.4, 0.5) is 5.82 Å². The van der Waals surface area contributed by atoms with Gasteiger partial charge in [0.1, 0.15) is 16.2 Å². The van der Waals surface area contributed by atoms with Crippen LogP contribution in [0.5, 0.6) is 5.88 Å². The molecule has 3 N–H and O–H groups in total. The second kappa shape index (κ2) is 9.08. The van der Waals surface area contributed by atoms with Crippen LogP contribution < -0.4 is 15.2 Å². The summed E-state index contributed by atoms with van der Waals surface area (Å²) < 4.78 is 30.9. The monoisotopic (exact) mass is 488 g/mol. The molecule has 0 saturated heterocycles. The minimum Gasteiger partial charge on any atom is -0.480 e. The van der Waals surface area contributed by atoms with Crippen LogP contribution in [0.2, 0.25) is 0 Å². The summed E-state index contributed by atoms with van der Waals surface area (Å²) in [5.41, 5.74) is 3.01. The molecule has 0 radical (unpaired) electrons. The quantitative estimate of drug-likeness (QED) is 0.352. The molecule has 1 aromatic carbocycles. The number of nitrogens with one attached hydrogen (secondary N) is 1. The summed E-state index contributed by atoms with van der Waals surface area (Å²) in [6, 6.07) is 14.9. The van der Waals surface area contributed by atoms with E-state index in [1.165, 1.54) is 19.4 Å². The summed E-state index contributed by atoms with van der Waals surface area (Å²) in [5, 5.41) is 13.3. The fraction of sp³-hybridized carbons (Fsp3) is 0.0870. The van der Waals surface area contributed by atoms with Crippen molar-refractivity contribution in [1.82, 2.24) is 29.5 Å². The number of pyridine rings is 1. The van der Waals surface area contributed by atoms with Crippen molar-refractivity contribution in [3.63, 3.8) is 0 Å². The van der Waals surface area contributed by atoms with Gasteiger partial charge in [-0.05, 0) is 23.8 Å². The number of nitrogens with two attached hydrogens (primary N) is 1. The number of primary sulfonamides is 1. The molecule has 5 rings (SSSR count). The van der Waals surface area contributed by atoms with Crippen molar-refractivity contribution < 1.29 is 13.2 Å². The van der Waals surface area contributed by atoms with E-state index in [9.17, 15) is 8.42 Å². The minimum absolute atomic E-state index is 0.107. The number of hydrogen-bond acceptors (Lipinski definition) is 9. The van der Waals surface area contributed by atoms with Gasteiger partial charge in [0.05, 0.1) is 13.7 Å². The number of rotatable bonds is 7. The number of ether oxygens (including phenoxy) is 1. The van der Waals surface area contributed by atoms with Crippen molar-refractivity contribution in [2.75, 3.05) is 12.4 Å². The first-order chi connectivity index (χ1) is 16.9. The molecule has 0 aliphatic rings. The zero-order valence-corrected chi connectivity index (χ0v) is 19.3. The van der Waals surface area contributed by atoms with Crippen molar-refractivity contribution >= 4 is 21.4 Å². The summed E-state index contributed by atoms with van der Waals surface area (Å²) in [6.07, 6.45) is 6.57. The molecule has 35 heavy (non-hydrogen) atoms. The van der Waals surface area contributed by atoms with Crippen LogP contribution in [0.25, 0.3) is 28.0 Å². The van der Waals surface area contributed by atoms with Crippen LogP contribution in [0.15, 0.2) is 78.2 Å². The highest BCUT2D eigenvalue weighted by Crippen LogP contribution is 2.32. The molecule has 0 atom stereocenters. The number of benzene rings is 1. The van der Waals surface area contributed by atoms with Crippen LogP contribution >= 0.6 is 0 Å². The number of aromatic nitrogens is 6. The summed E-state index contributed by atoms with van der Waals surface area (Å²) in [4.78, 5) is 17.0. The number of sulfonamides is 1. The van der Waals surface area contributed by atoms with Crippen molar-refractivity contribution in [1.29, 1.82) is 0 Å². The molecule has 0 bridgehead atoms. The molecule has 0 amide bonds. The molecule has 176 valence electrons. The van der Waals surface area contributed by atoms with Crippen molar-refractivity contribution in [3.8, 4) is 28.4 Å². The van der Waals surface area contributed by atoms with Gasteiger partial charge in [0.2, 0.25) is 15.9 Å². The molecule has 12 heteroatoms. The van der Waals surface area contributed by atoms with Crippen molar-refractivity contribution in [3.05, 3.63) is 79.1 Å². The van der Waals surface area contributed by atoms with E-state index in [-0.39, 0.29) is 16.6 Å². The lowest BCUT2D eigenvalue weighted by Crippen LogP contribution is -2.14. The van der Waals surface area contributed by atoms with E-state index in [1.54, 1.807) is 23.0 Å². The highest BCUT2D eigenvalue weighted by atomic mass is 32.2. The average Bonchev–Trinajstić information content (AvgIpc) is 3.32. The second-order valence-corrected chi connectivity index (χ2v) is 9.00. The normalized spacial score (nSPS) is 11.5. The van der Waals surface area contributed by atoms with Gasteiger partial charge in [-0.2, -0.15) is 0 Å². The van der Waals surface area contributed by atoms with Gasteiger partial charge in [-0.3, -0.25) is 0 Å². The number of nitrogens with zero attached hydrogens (tertiary/aromatic N) is 6. The summed E-state index contributed by atoms with van der Waals surface area (Å²) >= 11 is 0. The Hall–Kier alpha value is -4.42. The number of anilines is 1. The Balaban J connectivity index is 1.66. The first-order valence-corrected chi connectivity index (χ1v) is 12.0. The van der Waals surface area contributed by atoms with E-state index < -0.39 is 10.0 Å². The van der Waals surface area contributed by atoms with E-state index in [4.69, 9.17) is 14.9 Å². The predicted octanol–water partition coefficient (Wildman–Crippen LogP) is 2.52. The molecule has 4 heterocycles. The number of hydrogen-bond donors (Lipinski definition) is 2. The molecule has 4 aromatic heterocycles. The molecule has 5 aromatic rings. The smallest absolute Gasteiger partial charge is 0.243 e. The molecule has 0 saturated carbocycles. The molecular formula is C23H20N8O3S. The Morgan fingerprint density at radius 3 is 2.51 bits per heavy atom. The third-order valence-electron chi connectivity index (χ3n) is 5.21. The van der Waals surface area contributed by atoms with Gasteiger partial charge in [-0.25, -0.2) is 38.0 Å². The lowest BCUT2D eigenvalue weighted by molar-refractivity contribution is 0.385. The Morgan fingerprint density at radius 1 is 1.03 bits per heavy atom. The van der Waals surface area contributed by atoms with Crippen molar-refractivity contribution in [2.24, 2.45) is 5.14 Å². The third kappa shape index (κ3) is 4.52. The van der Waals surface area contributed by atoms with Gasteiger partial charge >= 0.3 is 0 Å². The SMILES string of the molecule is COc1ncc(-c2nc(NCc3ncccn3)c3c(-c4ccccc4)ccn3n2)cc1S(N)(=O)=O. The molecule has 0 aliphatic heterocycles. The molecular weight excluding hydrogens is 468 g/mol. The van der Waals surface area contributed by atoms with Gasteiger partial charge in [0, 0.05) is 35.9 Å². The Kier molecular flexibility index (Phi) is 5.81. The number of fused-ring (bicyclic) bond motifs is 1. The first-order valence-electron chi connectivity index (χ1n) is 10.5. The molecule has 11 nitrogen and oxygen atoms in total. The van der Waals surface area contributed by atoms with Gasteiger partial charge < -0.3 is 10.1 Å². The largest absolute Gasteiger partial charge is 0.480 e. The Morgan fingerprint density at radius 2 is 1.80 bits per heavy atom. The minimum atomic E-state index is -4.09. The second-order valence-electron chi connectivity index (χ2n) is 7.47. The highest BCUT2D eigenvalue weighted by molar-refractivity contribution is 7.89. The summed E-state index contributed by atoms with van der Waals surface area (Å²) in [7, 11) is -2.77. The average molecular weight is 489 g/mol. The van der Waals surface area contributed by atoms with Crippen molar-refractivity contribution in [2.45, 2.75) is 11.4 Å². The lowest BCUT2D eigenvalue weighted by atomic mass is 10.1. The van der Waals surface area contributed by atoms with E-state index in [2.05, 4.69) is 25.4 Å². The summed E-state index contributed by atoms with van der Waals surface area (Å²) in [5.74, 6) is 1.23. The van der Waals surface area contributed by atoms with Gasteiger partial charge in [0.15, 0.2) is 11.6 Å². The van der Waals surface area contributed by atoms with Gasteiger partial charge in [-0.1, -0.05) is 30.3 Å². The zero-order chi connectivity index (χ0) is 24.4. The standard InChI is InChI=1S/C23H20N8O3S/c1-34-23-18(35(24,32)33)12-16(13-28-23)21-29-22(27-14-19-25-9-5-10-26-19)20-17(8-11-31(20)30-21)15-6-3-2-4-7-15/h2-13H,14H2,1H3,(H2,24,32,33)(H,27,29,30). The van der Waals surface area contributed by atoms with Crippen LogP contribution in [0.3, 0.4) is 0 Å². The maximum absolute atomic E-state index is 12.1. The summed E-state index contributed by atoms with van der Waals surface area (Å²) in [6.45, 7) is 0.315. The Labute approximate surface area is 200 Å². The van der Waals surface area contributed by atoms with Crippen LogP contribution in [0, 0.1) is 0 Å². The van der Waals surface area contributed by atoms with Gasteiger partial charge in [0.25, 0.3) is 0 Å². The topological polar surface area (TPSA) is 150 Å². The van der Waals surface area contributed by atoms with Crippen LogP contribution in [0.1, 0.15) is 5.82 Å². The van der Waals surface area contributed by atoms with Crippen LogP contribution in [-0.2, 0) is 16.6 Å². The van der Waals surface area contributed by atoms with Gasteiger partial charge in [-0.15, -0.1) is 5.10 Å². The van der Waals surface area contributed by atoms with E-state index in [1.807, 2.05) is 42.6 Å². The first kappa shape index (κ1) is 22.4. The number of methoxy groups -OCH3 is 1.